The first-order chi connectivity index (χ1) is 8.90. The van der Waals surface area contributed by atoms with Crippen LogP contribution in [0.4, 0.5) is 4.79 Å². The van der Waals surface area contributed by atoms with Gasteiger partial charge in [0.15, 0.2) is 0 Å². The van der Waals surface area contributed by atoms with E-state index in [0.717, 1.165) is 11.3 Å². The Labute approximate surface area is 126 Å². The quantitative estimate of drug-likeness (QED) is 0.925. The number of ether oxygens (including phenoxy) is 2. The van der Waals surface area contributed by atoms with Gasteiger partial charge in [-0.25, -0.2) is 4.79 Å². The van der Waals surface area contributed by atoms with Crippen molar-refractivity contribution in [2.75, 3.05) is 6.61 Å². The van der Waals surface area contributed by atoms with E-state index in [2.05, 4.69) is 19.2 Å². The molecular weight excluding hydrogens is 278 g/mol. The summed E-state index contributed by atoms with van der Waals surface area (Å²) in [5.74, 6) is 0.817. The monoisotopic (exact) mass is 299 g/mol. The predicted octanol–water partition coefficient (Wildman–Crippen LogP) is 3.70. The Kier molecular flexibility index (Phi) is 5.28. The molecule has 2 rings (SSSR count). The Morgan fingerprint density at radius 1 is 1.35 bits per heavy atom. The van der Waals surface area contributed by atoms with Crippen molar-refractivity contribution in [1.82, 2.24) is 5.32 Å². The molecule has 1 saturated heterocycles. The van der Waals surface area contributed by atoms with Crippen molar-refractivity contribution in [3.63, 3.8) is 0 Å². The predicted molar refractivity (Wildman–Crippen MR) is 80.5 cm³/mol. The molecule has 0 spiro atoms. The van der Waals surface area contributed by atoms with E-state index >= 15 is 0 Å². The van der Waals surface area contributed by atoms with Crippen LogP contribution in [0.25, 0.3) is 0 Å². The van der Waals surface area contributed by atoms with Gasteiger partial charge in [0.1, 0.15) is 12.4 Å². The average Bonchev–Trinajstić information content (AvgIpc) is 2.33. The molecule has 112 valence electrons. The van der Waals surface area contributed by atoms with Gasteiger partial charge in [-0.3, -0.25) is 0 Å². The maximum atomic E-state index is 11.5. The summed E-state index contributed by atoms with van der Waals surface area (Å²) in [6.07, 6.45) is -0.275. The van der Waals surface area contributed by atoms with Crippen LogP contribution in [0.5, 0.6) is 5.75 Å². The third-order valence-electron chi connectivity index (χ3n) is 3.21. The Hall–Kier alpha value is -1.42. The molecule has 4 nitrogen and oxygen atoms in total. The first-order valence-corrected chi connectivity index (χ1v) is 6.59. The molecule has 1 atom stereocenters. The standard InChI is InChI=1S/C15H21NO3.ClH/c1-10(2)19-12-8-6-5-7-11(12)13-15(3,4)9-18-14(17)16-13;/h5-8,10,13H,9H2,1-4H3,(H,16,17);1H/t13-;/m1./s1. The van der Waals surface area contributed by atoms with Crippen LogP contribution in [0, 0.1) is 5.41 Å². The number of benzene rings is 1. The van der Waals surface area contributed by atoms with Crippen LogP contribution in [0.2, 0.25) is 0 Å². The van der Waals surface area contributed by atoms with Gasteiger partial charge in [0.25, 0.3) is 0 Å². The van der Waals surface area contributed by atoms with Crippen LogP contribution in [0.1, 0.15) is 39.3 Å². The third-order valence-corrected chi connectivity index (χ3v) is 3.21. The molecule has 0 saturated carbocycles. The summed E-state index contributed by atoms with van der Waals surface area (Å²) in [6, 6.07) is 7.72. The first kappa shape index (κ1) is 16.6. The SMILES string of the molecule is CC(C)Oc1ccccc1[C@H]1NC(=O)OCC1(C)C.Cl. The molecule has 5 heteroatoms. The number of hydrogen-bond donors (Lipinski definition) is 1. The zero-order valence-electron chi connectivity index (χ0n) is 12.3. The summed E-state index contributed by atoms with van der Waals surface area (Å²) in [4.78, 5) is 11.5. The molecule has 20 heavy (non-hydrogen) atoms. The van der Waals surface area contributed by atoms with Crippen LogP contribution in [0.3, 0.4) is 0 Å². The Balaban J connectivity index is 0.00000200. The first-order valence-electron chi connectivity index (χ1n) is 6.59. The molecular formula is C15H22ClNO3. The molecule has 0 radical (unpaired) electrons. The second-order valence-electron chi connectivity index (χ2n) is 5.85. The number of nitrogens with one attached hydrogen (secondary N) is 1. The molecule has 1 aliphatic rings. The molecule has 0 unspecified atom stereocenters. The molecule has 1 heterocycles. The summed E-state index contributed by atoms with van der Waals surface area (Å²) in [5, 5.41) is 2.90. The maximum absolute atomic E-state index is 11.5. The van der Waals surface area contributed by atoms with E-state index in [1.165, 1.54) is 0 Å². The second kappa shape index (κ2) is 6.35. The number of hydrogen-bond acceptors (Lipinski definition) is 3. The molecule has 1 aromatic rings. The Morgan fingerprint density at radius 2 is 2.00 bits per heavy atom. The number of alkyl carbamates (subject to hydrolysis) is 1. The van der Waals surface area contributed by atoms with Gasteiger partial charge in [0.05, 0.1) is 12.1 Å². The number of halogens is 1. The molecule has 1 amide bonds. The number of carbonyl (C=O) groups is 1. The maximum Gasteiger partial charge on any atom is 0.407 e. The van der Waals surface area contributed by atoms with E-state index in [4.69, 9.17) is 9.47 Å². The van der Waals surface area contributed by atoms with Crippen LogP contribution >= 0.6 is 12.4 Å². The third kappa shape index (κ3) is 3.57. The molecule has 1 N–H and O–H groups in total. The Bertz CT molecular complexity index is 474. The van der Waals surface area contributed by atoms with Crippen molar-refractivity contribution in [1.29, 1.82) is 0 Å². The minimum absolute atomic E-state index is 0. The molecule has 0 bridgehead atoms. The van der Waals surface area contributed by atoms with Crippen molar-refractivity contribution < 1.29 is 14.3 Å². The molecule has 1 aliphatic heterocycles. The highest BCUT2D eigenvalue weighted by Gasteiger charge is 2.39. The van der Waals surface area contributed by atoms with Crippen LogP contribution in [0.15, 0.2) is 24.3 Å². The summed E-state index contributed by atoms with van der Waals surface area (Å²) in [7, 11) is 0. The lowest BCUT2D eigenvalue weighted by Gasteiger charge is -2.39. The van der Waals surface area contributed by atoms with Gasteiger partial charge >= 0.3 is 6.09 Å². The smallest absolute Gasteiger partial charge is 0.407 e. The fraction of sp³-hybridized carbons (Fsp3) is 0.533. The summed E-state index contributed by atoms with van der Waals surface area (Å²) in [5.41, 5.74) is 0.822. The van der Waals surface area contributed by atoms with Gasteiger partial charge < -0.3 is 14.8 Å². The van der Waals surface area contributed by atoms with Crippen molar-refractivity contribution >= 4 is 18.5 Å². The van der Waals surface area contributed by atoms with E-state index in [1.807, 2.05) is 38.1 Å². The summed E-state index contributed by atoms with van der Waals surface area (Å²) in [6.45, 7) is 8.53. The summed E-state index contributed by atoms with van der Waals surface area (Å²) >= 11 is 0. The largest absolute Gasteiger partial charge is 0.491 e. The van der Waals surface area contributed by atoms with Gasteiger partial charge in [0, 0.05) is 11.0 Å². The highest BCUT2D eigenvalue weighted by Crippen LogP contribution is 2.40. The van der Waals surface area contributed by atoms with E-state index in [9.17, 15) is 4.79 Å². The molecule has 0 aliphatic carbocycles. The van der Waals surface area contributed by atoms with Gasteiger partial charge in [-0.05, 0) is 19.9 Å². The topological polar surface area (TPSA) is 47.6 Å². The van der Waals surface area contributed by atoms with Crippen molar-refractivity contribution in [2.24, 2.45) is 5.41 Å². The van der Waals surface area contributed by atoms with Crippen molar-refractivity contribution in [3.05, 3.63) is 29.8 Å². The van der Waals surface area contributed by atoms with Crippen molar-refractivity contribution in [3.8, 4) is 5.75 Å². The van der Waals surface area contributed by atoms with E-state index in [0.29, 0.717) is 6.61 Å². The van der Waals surface area contributed by atoms with Gasteiger partial charge in [-0.2, -0.15) is 0 Å². The van der Waals surface area contributed by atoms with Crippen LogP contribution in [-0.4, -0.2) is 18.8 Å². The van der Waals surface area contributed by atoms with Crippen LogP contribution < -0.4 is 10.1 Å². The van der Waals surface area contributed by atoms with Crippen LogP contribution in [-0.2, 0) is 4.74 Å². The molecule has 0 aromatic heterocycles. The average molecular weight is 300 g/mol. The zero-order valence-corrected chi connectivity index (χ0v) is 13.1. The molecule has 1 aromatic carbocycles. The normalized spacial score (nSPS) is 20.6. The minimum Gasteiger partial charge on any atom is -0.491 e. The van der Waals surface area contributed by atoms with E-state index in [-0.39, 0.29) is 36.1 Å². The lowest BCUT2D eigenvalue weighted by Crippen LogP contribution is -2.47. The minimum atomic E-state index is -0.372. The molecule has 1 fully saturated rings. The lowest BCUT2D eigenvalue weighted by atomic mass is 9.80. The summed E-state index contributed by atoms with van der Waals surface area (Å²) < 4.78 is 10.9. The number of amides is 1. The lowest BCUT2D eigenvalue weighted by molar-refractivity contribution is 0.0376. The van der Waals surface area contributed by atoms with Gasteiger partial charge in [-0.1, -0.05) is 32.0 Å². The number of rotatable bonds is 3. The Morgan fingerprint density at radius 3 is 2.65 bits per heavy atom. The zero-order chi connectivity index (χ0) is 14.0. The fourth-order valence-corrected chi connectivity index (χ4v) is 2.27. The number of cyclic esters (lactones) is 1. The number of para-hydroxylation sites is 1. The second-order valence-corrected chi connectivity index (χ2v) is 5.85. The highest BCUT2D eigenvalue weighted by molar-refractivity contribution is 5.85. The van der Waals surface area contributed by atoms with Gasteiger partial charge in [0.2, 0.25) is 0 Å². The van der Waals surface area contributed by atoms with Gasteiger partial charge in [-0.15, -0.1) is 12.4 Å². The van der Waals surface area contributed by atoms with Crippen molar-refractivity contribution in [2.45, 2.75) is 39.8 Å². The fourth-order valence-electron chi connectivity index (χ4n) is 2.27. The highest BCUT2D eigenvalue weighted by atomic mass is 35.5. The van der Waals surface area contributed by atoms with E-state index in [1.54, 1.807) is 0 Å². The van der Waals surface area contributed by atoms with E-state index < -0.39 is 0 Å². The number of carbonyl (C=O) groups excluding carboxylic acids is 1.